The number of carboxylic acids is 1. The van der Waals surface area contributed by atoms with Crippen LogP contribution in [-0.2, 0) is 6.54 Å². The first-order valence-electron chi connectivity index (χ1n) is 10.2. The number of carboxylic acid groups (broad SMARTS) is 1. The van der Waals surface area contributed by atoms with Crippen molar-refractivity contribution in [3.05, 3.63) is 101 Å². The predicted octanol–water partition coefficient (Wildman–Crippen LogP) is 3.97. The van der Waals surface area contributed by atoms with Crippen molar-refractivity contribution in [1.29, 1.82) is 0 Å². The number of rotatable bonds is 6. The largest absolute Gasteiger partial charge is 0.478 e. The zero-order chi connectivity index (χ0) is 21.8. The fourth-order valence-electron chi connectivity index (χ4n) is 4.06. The van der Waals surface area contributed by atoms with E-state index in [1.165, 1.54) is 24.4 Å². The lowest BCUT2D eigenvalue weighted by molar-refractivity contribution is 0.0696. The van der Waals surface area contributed by atoms with Gasteiger partial charge in [-0.25, -0.2) is 13.6 Å². The van der Waals surface area contributed by atoms with Crippen LogP contribution in [0.4, 0.5) is 8.78 Å². The molecule has 0 radical (unpaired) electrons. The number of halogens is 2. The lowest BCUT2D eigenvalue weighted by Gasteiger charge is -2.39. The summed E-state index contributed by atoms with van der Waals surface area (Å²) in [7, 11) is 0. The van der Waals surface area contributed by atoms with Crippen LogP contribution in [0.1, 0.15) is 33.2 Å². The molecule has 2 heterocycles. The van der Waals surface area contributed by atoms with E-state index in [9.17, 15) is 13.6 Å². The summed E-state index contributed by atoms with van der Waals surface area (Å²) in [5, 5.41) is 9.16. The van der Waals surface area contributed by atoms with Gasteiger partial charge in [-0.15, -0.1) is 0 Å². The molecule has 2 aromatic carbocycles. The lowest BCUT2D eigenvalue weighted by Crippen LogP contribution is -2.47. The molecular weight excluding hydrogens is 400 g/mol. The van der Waals surface area contributed by atoms with Crippen LogP contribution in [0.3, 0.4) is 0 Å². The van der Waals surface area contributed by atoms with Gasteiger partial charge >= 0.3 is 5.97 Å². The van der Waals surface area contributed by atoms with Crippen molar-refractivity contribution >= 4 is 5.97 Å². The number of piperazine rings is 1. The van der Waals surface area contributed by atoms with Gasteiger partial charge in [0, 0.05) is 50.0 Å². The van der Waals surface area contributed by atoms with Crippen LogP contribution in [0.15, 0.2) is 66.9 Å². The van der Waals surface area contributed by atoms with Crippen LogP contribution in [0, 0.1) is 11.6 Å². The topological polar surface area (TPSA) is 56.7 Å². The summed E-state index contributed by atoms with van der Waals surface area (Å²) in [6.45, 7) is 3.12. The first-order chi connectivity index (χ1) is 15.0. The average molecular weight is 423 g/mol. The number of benzene rings is 2. The molecule has 0 amide bonds. The number of hydrogen-bond acceptors (Lipinski definition) is 4. The average Bonchev–Trinajstić information content (AvgIpc) is 2.78. The SMILES string of the molecule is O=C(O)c1ccnc(CN2CCN(C(c3ccccc3F)c3ccccc3F)CC2)c1. The zero-order valence-electron chi connectivity index (χ0n) is 16.9. The number of aromatic nitrogens is 1. The van der Waals surface area contributed by atoms with Crippen LogP contribution < -0.4 is 0 Å². The first-order valence-corrected chi connectivity index (χ1v) is 10.2. The van der Waals surface area contributed by atoms with E-state index in [0.717, 1.165) is 0 Å². The molecule has 0 aliphatic carbocycles. The van der Waals surface area contributed by atoms with Crippen molar-refractivity contribution < 1.29 is 18.7 Å². The van der Waals surface area contributed by atoms with Crippen LogP contribution >= 0.6 is 0 Å². The van der Waals surface area contributed by atoms with Crippen molar-refractivity contribution in [2.45, 2.75) is 12.6 Å². The highest BCUT2D eigenvalue weighted by atomic mass is 19.1. The molecule has 1 saturated heterocycles. The summed E-state index contributed by atoms with van der Waals surface area (Å²) in [6.07, 6.45) is 1.50. The second-order valence-corrected chi connectivity index (χ2v) is 7.60. The maximum atomic E-state index is 14.7. The maximum absolute atomic E-state index is 14.7. The summed E-state index contributed by atoms with van der Waals surface area (Å²) in [5.74, 6) is -1.69. The highest BCUT2D eigenvalue weighted by molar-refractivity contribution is 5.87. The van der Waals surface area contributed by atoms with Gasteiger partial charge < -0.3 is 5.11 Å². The smallest absolute Gasteiger partial charge is 0.335 e. The Morgan fingerprint density at radius 2 is 1.52 bits per heavy atom. The molecule has 1 aliphatic heterocycles. The molecule has 5 nitrogen and oxygen atoms in total. The lowest BCUT2D eigenvalue weighted by atomic mass is 9.95. The van der Waals surface area contributed by atoms with E-state index < -0.39 is 12.0 Å². The first kappa shape index (κ1) is 21.1. The van der Waals surface area contributed by atoms with Crippen LogP contribution in [0.2, 0.25) is 0 Å². The summed E-state index contributed by atoms with van der Waals surface area (Å²) in [4.78, 5) is 19.7. The standard InChI is InChI=1S/C24H23F2N3O2/c25-21-7-3-1-5-19(21)23(20-6-2-4-8-22(20)26)29-13-11-28(12-14-29)16-18-15-17(24(30)31)9-10-27-18/h1-10,15,23H,11-14,16H2,(H,30,31). The zero-order valence-corrected chi connectivity index (χ0v) is 16.9. The Hall–Kier alpha value is -3.16. The van der Waals surface area contributed by atoms with Crippen LogP contribution in [-0.4, -0.2) is 52.0 Å². The Morgan fingerprint density at radius 1 is 0.935 bits per heavy atom. The third-order valence-electron chi connectivity index (χ3n) is 5.62. The van der Waals surface area contributed by atoms with Crippen molar-refractivity contribution in [3.63, 3.8) is 0 Å². The van der Waals surface area contributed by atoms with Gasteiger partial charge in [0.2, 0.25) is 0 Å². The van der Waals surface area contributed by atoms with E-state index in [1.807, 2.05) is 0 Å². The highest BCUT2D eigenvalue weighted by Gasteiger charge is 2.30. The molecule has 7 heteroatoms. The molecule has 1 N–H and O–H groups in total. The Kier molecular flexibility index (Phi) is 6.34. The molecule has 3 aromatic rings. The van der Waals surface area contributed by atoms with Crippen molar-refractivity contribution in [2.75, 3.05) is 26.2 Å². The van der Waals surface area contributed by atoms with Crippen molar-refractivity contribution in [3.8, 4) is 0 Å². The number of pyridine rings is 1. The molecule has 0 spiro atoms. The van der Waals surface area contributed by atoms with E-state index in [0.29, 0.717) is 49.5 Å². The predicted molar refractivity (Wildman–Crippen MR) is 113 cm³/mol. The second-order valence-electron chi connectivity index (χ2n) is 7.60. The highest BCUT2D eigenvalue weighted by Crippen LogP contribution is 2.32. The quantitative estimate of drug-likeness (QED) is 0.650. The Morgan fingerprint density at radius 3 is 2.06 bits per heavy atom. The fraction of sp³-hybridized carbons (Fsp3) is 0.250. The third-order valence-corrected chi connectivity index (χ3v) is 5.62. The van der Waals surface area contributed by atoms with Gasteiger partial charge in [0.05, 0.1) is 17.3 Å². The van der Waals surface area contributed by atoms with Gasteiger partial charge in [0.15, 0.2) is 0 Å². The molecule has 31 heavy (non-hydrogen) atoms. The minimum absolute atomic E-state index is 0.211. The van der Waals surface area contributed by atoms with Crippen LogP contribution in [0.5, 0.6) is 0 Å². The normalized spacial score (nSPS) is 15.3. The minimum Gasteiger partial charge on any atom is -0.478 e. The summed E-state index contributed by atoms with van der Waals surface area (Å²) in [5.41, 5.74) is 1.81. The number of nitrogens with zero attached hydrogens (tertiary/aromatic N) is 3. The summed E-state index contributed by atoms with van der Waals surface area (Å²) < 4.78 is 29.3. The Labute approximate surface area is 179 Å². The molecule has 160 valence electrons. The van der Waals surface area contributed by atoms with Gasteiger partial charge in [0.25, 0.3) is 0 Å². The van der Waals surface area contributed by atoms with E-state index in [1.54, 1.807) is 42.5 Å². The van der Waals surface area contributed by atoms with E-state index >= 15 is 0 Å². The Bertz CT molecular complexity index is 1020. The Balaban J connectivity index is 1.52. The molecule has 1 aromatic heterocycles. The van der Waals surface area contributed by atoms with Gasteiger partial charge in [0.1, 0.15) is 11.6 Å². The molecule has 0 bridgehead atoms. The van der Waals surface area contributed by atoms with Gasteiger partial charge in [-0.05, 0) is 24.3 Å². The van der Waals surface area contributed by atoms with Gasteiger partial charge in [-0.1, -0.05) is 36.4 Å². The van der Waals surface area contributed by atoms with E-state index in [4.69, 9.17) is 5.11 Å². The molecule has 0 atom stereocenters. The molecule has 1 fully saturated rings. The van der Waals surface area contributed by atoms with Crippen molar-refractivity contribution in [1.82, 2.24) is 14.8 Å². The molecule has 0 saturated carbocycles. The van der Waals surface area contributed by atoms with Crippen molar-refractivity contribution in [2.24, 2.45) is 0 Å². The number of hydrogen-bond donors (Lipinski definition) is 1. The molecule has 1 aliphatic rings. The molecular formula is C24H23F2N3O2. The summed E-state index contributed by atoms with van der Waals surface area (Å²) in [6, 6.07) is 15.6. The number of aromatic carboxylic acids is 1. The van der Waals surface area contributed by atoms with Gasteiger partial charge in [-0.3, -0.25) is 14.8 Å². The monoisotopic (exact) mass is 423 g/mol. The van der Waals surface area contributed by atoms with E-state index in [2.05, 4.69) is 14.8 Å². The fourth-order valence-corrected chi connectivity index (χ4v) is 4.06. The third kappa shape index (κ3) is 4.78. The molecule has 0 unspecified atom stereocenters. The van der Waals surface area contributed by atoms with E-state index in [-0.39, 0.29) is 17.2 Å². The molecule has 4 rings (SSSR count). The second kappa shape index (κ2) is 9.32. The minimum atomic E-state index is -0.980. The summed E-state index contributed by atoms with van der Waals surface area (Å²) >= 11 is 0. The van der Waals surface area contributed by atoms with Crippen LogP contribution in [0.25, 0.3) is 0 Å². The number of carbonyl (C=O) groups is 1. The van der Waals surface area contributed by atoms with Gasteiger partial charge in [-0.2, -0.15) is 0 Å². The maximum Gasteiger partial charge on any atom is 0.335 e.